The van der Waals surface area contributed by atoms with Crippen molar-refractivity contribution >= 4 is 11.8 Å². The van der Waals surface area contributed by atoms with Gasteiger partial charge in [0.25, 0.3) is 11.8 Å². The molecule has 6 nitrogen and oxygen atoms in total. The van der Waals surface area contributed by atoms with Gasteiger partial charge in [-0.3, -0.25) is 24.6 Å². The Hall–Kier alpha value is -2.50. The molecule has 0 fully saturated rings. The molecule has 0 aliphatic carbocycles. The summed E-state index contributed by atoms with van der Waals surface area (Å²) in [4.78, 5) is 29.0. The van der Waals surface area contributed by atoms with Gasteiger partial charge in [0.05, 0.1) is 23.9 Å². The minimum Gasteiger partial charge on any atom is -0.285 e. The number of imide groups is 1. The molecule has 0 atom stereocenters. The van der Waals surface area contributed by atoms with Gasteiger partial charge in [0.15, 0.2) is 0 Å². The van der Waals surface area contributed by atoms with E-state index in [-0.39, 0.29) is 18.4 Å². The SMILES string of the molecule is O=C1c2ccncc2C(=O)N1Cc1cn[nH]c1. The third-order valence-corrected chi connectivity index (χ3v) is 2.67. The maximum absolute atomic E-state index is 12.0. The van der Waals surface area contributed by atoms with Gasteiger partial charge in [-0.05, 0) is 6.07 Å². The van der Waals surface area contributed by atoms with E-state index in [4.69, 9.17) is 0 Å². The minimum atomic E-state index is -0.306. The van der Waals surface area contributed by atoms with Gasteiger partial charge in [-0.15, -0.1) is 0 Å². The first-order chi connectivity index (χ1) is 8.27. The van der Waals surface area contributed by atoms with Crippen molar-refractivity contribution in [3.05, 3.63) is 47.5 Å². The highest BCUT2D eigenvalue weighted by Gasteiger charge is 2.35. The predicted molar refractivity (Wildman–Crippen MR) is 57.0 cm³/mol. The highest BCUT2D eigenvalue weighted by Crippen LogP contribution is 2.22. The second kappa shape index (κ2) is 3.51. The van der Waals surface area contributed by atoms with Crippen molar-refractivity contribution in [3.63, 3.8) is 0 Å². The number of carbonyl (C=O) groups excluding carboxylic acids is 2. The molecule has 6 heteroatoms. The van der Waals surface area contributed by atoms with E-state index in [9.17, 15) is 9.59 Å². The molecule has 3 rings (SSSR count). The number of nitrogens with zero attached hydrogens (tertiary/aromatic N) is 3. The van der Waals surface area contributed by atoms with E-state index in [0.717, 1.165) is 5.56 Å². The smallest absolute Gasteiger partial charge is 0.263 e. The number of nitrogens with one attached hydrogen (secondary N) is 1. The van der Waals surface area contributed by atoms with E-state index in [1.165, 1.54) is 17.3 Å². The monoisotopic (exact) mass is 228 g/mol. The molecule has 17 heavy (non-hydrogen) atoms. The molecule has 2 aromatic rings. The molecule has 0 bridgehead atoms. The summed E-state index contributed by atoms with van der Waals surface area (Å²) in [5.41, 5.74) is 1.56. The van der Waals surface area contributed by atoms with Crippen molar-refractivity contribution in [1.29, 1.82) is 0 Å². The predicted octanol–water partition coefficient (Wildman–Crippen LogP) is 0.601. The third-order valence-electron chi connectivity index (χ3n) is 2.67. The first kappa shape index (κ1) is 9.71. The Morgan fingerprint density at radius 2 is 2.00 bits per heavy atom. The second-order valence-corrected chi connectivity index (χ2v) is 3.72. The van der Waals surface area contributed by atoms with Crippen LogP contribution in [0.3, 0.4) is 0 Å². The summed E-state index contributed by atoms with van der Waals surface area (Å²) >= 11 is 0. The number of aromatic nitrogens is 3. The molecule has 2 amide bonds. The van der Waals surface area contributed by atoms with Crippen LogP contribution in [0.2, 0.25) is 0 Å². The molecule has 84 valence electrons. The van der Waals surface area contributed by atoms with Gasteiger partial charge in [0.1, 0.15) is 0 Å². The van der Waals surface area contributed by atoms with Crippen molar-refractivity contribution in [1.82, 2.24) is 20.1 Å². The molecular weight excluding hydrogens is 220 g/mol. The highest BCUT2D eigenvalue weighted by molar-refractivity contribution is 6.21. The number of fused-ring (bicyclic) bond motifs is 1. The van der Waals surface area contributed by atoms with E-state index in [1.54, 1.807) is 18.5 Å². The number of aromatic amines is 1. The van der Waals surface area contributed by atoms with E-state index in [2.05, 4.69) is 15.2 Å². The summed E-state index contributed by atoms with van der Waals surface area (Å²) in [5.74, 6) is -0.590. The lowest BCUT2D eigenvalue weighted by Gasteiger charge is -2.11. The molecule has 1 aliphatic heterocycles. The van der Waals surface area contributed by atoms with Gasteiger partial charge >= 0.3 is 0 Å². The molecule has 2 aromatic heterocycles. The van der Waals surface area contributed by atoms with Crippen LogP contribution in [0.5, 0.6) is 0 Å². The molecular formula is C11H8N4O2. The van der Waals surface area contributed by atoms with Gasteiger partial charge in [-0.1, -0.05) is 0 Å². The molecule has 0 aromatic carbocycles. The van der Waals surface area contributed by atoms with E-state index in [1.807, 2.05) is 0 Å². The van der Waals surface area contributed by atoms with Crippen LogP contribution in [0, 0.1) is 0 Å². The van der Waals surface area contributed by atoms with Crippen LogP contribution in [0.4, 0.5) is 0 Å². The van der Waals surface area contributed by atoms with Crippen molar-refractivity contribution in [2.75, 3.05) is 0 Å². The van der Waals surface area contributed by atoms with Gasteiger partial charge in [-0.25, -0.2) is 0 Å². The van der Waals surface area contributed by atoms with Crippen molar-refractivity contribution in [2.24, 2.45) is 0 Å². The number of amides is 2. The van der Waals surface area contributed by atoms with Gasteiger partial charge in [0.2, 0.25) is 0 Å². The maximum Gasteiger partial charge on any atom is 0.263 e. The Kier molecular flexibility index (Phi) is 2.01. The molecule has 1 N–H and O–H groups in total. The standard InChI is InChI=1S/C11H8N4O2/c16-10-8-1-2-12-5-9(8)11(17)15(10)6-7-3-13-14-4-7/h1-5H,6H2,(H,13,14). The largest absolute Gasteiger partial charge is 0.285 e. The van der Waals surface area contributed by atoms with Gasteiger partial charge in [-0.2, -0.15) is 5.10 Å². The number of pyridine rings is 1. The van der Waals surface area contributed by atoms with Crippen LogP contribution in [0.25, 0.3) is 0 Å². The molecule has 3 heterocycles. The topological polar surface area (TPSA) is 79.0 Å². The highest BCUT2D eigenvalue weighted by atomic mass is 16.2. The van der Waals surface area contributed by atoms with Gasteiger partial charge < -0.3 is 0 Å². The lowest BCUT2D eigenvalue weighted by Crippen LogP contribution is -2.28. The molecule has 0 unspecified atom stereocenters. The third kappa shape index (κ3) is 1.42. The quantitative estimate of drug-likeness (QED) is 0.763. The first-order valence-corrected chi connectivity index (χ1v) is 5.05. The van der Waals surface area contributed by atoms with Gasteiger partial charge in [0, 0.05) is 24.2 Å². The van der Waals surface area contributed by atoms with Crippen LogP contribution >= 0.6 is 0 Å². The molecule has 0 saturated heterocycles. The van der Waals surface area contributed by atoms with Crippen LogP contribution in [-0.2, 0) is 6.54 Å². The second-order valence-electron chi connectivity index (χ2n) is 3.72. The maximum atomic E-state index is 12.0. The number of hydrogen-bond acceptors (Lipinski definition) is 4. The van der Waals surface area contributed by atoms with E-state index >= 15 is 0 Å². The number of H-pyrrole nitrogens is 1. The van der Waals surface area contributed by atoms with Crippen molar-refractivity contribution in [3.8, 4) is 0 Å². The fraction of sp³-hybridized carbons (Fsp3) is 0.0909. The van der Waals surface area contributed by atoms with Crippen molar-refractivity contribution in [2.45, 2.75) is 6.54 Å². The Bertz CT molecular complexity index is 556. The minimum absolute atomic E-state index is 0.225. The zero-order chi connectivity index (χ0) is 11.8. The summed E-state index contributed by atoms with van der Waals surface area (Å²) in [6.45, 7) is 0.225. The summed E-state index contributed by atoms with van der Waals surface area (Å²) in [7, 11) is 0. The van der Waals surface area contributed by atoms with E-state index < -0.39 is 0 Å². The summed E-state index contributed by atoms with van der Waals surface area (Å²) in [6, 6.07) is 1.56. The van der Waals surface area contributed by atoms with Crippen LogP contribution < -0.4 is 0 Å². The lowest BCUT2D eigenvalue weighted by molar-refractivity contribution is 0.0642. The fourth-order valence-electron chi connectivity index (χ4n) is 1.82. The molecule has 0 saturated carbocycles. The van der Waals surface area contributed by atoms with Crippen molar-refractivity contribution < 1.29 is 9.59 Å². The fourth-order valence-corrected chi connectivity index (χ4v) is 1.82. The molecule has 0 spiro atoms. The average molecular weight is 228 g/mol. The lowest BCUT2D eigenvalue weighted by atomic mass is 10.2. The Morgan fingerprint density at radius 3 is 2.71 bits per heavy atom. The zero-order valence-corrected chi connectivity index (χ0v) is 8.75. The number of carbonyl (C=O) groups is 2. The Balaban J connectivity index is 1.95. The van der Waals surface area contributed by atoms with E-state index in [0.29, 0.717) is 11.1 Å². The molecule has 1 aliphatic rings. The molecule has 0 radical (unpaired) electrons. The summed E-state index contributed by atoms with van der Waals surface area (Å²) < 4.78 is 0. The van der Waals surface area contributed by atoms with Crippen LogP contribution in [0.1, 0.15) is 26.3 Å². The zero-order valence-electron chi connectivity index (χ0n) is 8.75. The summed E-state index contributed by atoms with van der Waals surface area (Å²) in [5, 5.41) is 6.42. The normalized spacial score (nSPS) is 14.2. The Morgan fingerprint density at radius 1 is 1.18 bits per heavy atom. The average Bonchev–Trinajstić information content (AvgIpc) is 2.94. The summed E-state index contributed by atoms with van der Waals surface area (Å²) in [6.07, 6.45) is 6.17. The number of rotatable bonds is 2. The van der Waals surface area contributed by atoms with Crippen LogP contribution in [-0.4, -0.2) is 31.9 Å². The van der Waals surface area contributed by atoms with Crippen LogP contribution in [0.15, 0.2) is 30.9 Å². The Labute approximate surface area is 96.3 Å². The number of hydrogen-bond donors (Lipinski definition) is 1. The first-order valence-electron chi connectivity index (χ1n) is 5.05.